The quantitative estimate of drug-likeness (QED) is 0.448. The van der Waals surface area contributed by atoms with E-state index in [1.807, 2.05) is 0 Å². The van der Waals surface area contributed by atoms with Crippen molar-refractivity contribution in [3.63, 3.8) is 0 Å². The summed E-state index contributed by atoms with van der Waals surface area (Å²) in [5, 5.41) is 17.8. The first-order valence-corrected chi connectivity index (χ1v) is 4.21. The van der Waals surface area contributed by atoms with Crippen molar-refractivity contribution in [2.45, 2.75) is 18.8 Å². The van der Waals surface area contributed by atoms with E-state index in [0.29, 0.717) is 13.0 Å². The molecule has 13 heavy (non-hydrogen) atoms. The summed E-state index contributed by atoms with van der Waals surface area (Å²) in [5.74, 6) is -0.0999. The maximum atomic E-state index is 9.18. The van der Waals surface area contributed by atoms with Crippen molar-refractivity contribution in [1.82, 2.24) is 0 Å². The third-order valence-electron chi connectivity index (χ3n) is 1.90. The van der Waals surface area contributed by atoms with Crippen molar-refractivity contribution >= 4 is 0 Å². The smallest absolute Gasteiger partial charge is 0.110 e. The highest BCUT2D eigenvalue weighted by Crippen LogP contribution is 2.11. The van der Waals surface area contributed by atoms with Gasteiger partial charge in [-0.1, -0.05) is 0 Å². The van der Waals surface area contributed by atoms with E-state index in [-0.39, 0.29) is 12.5 Å². The van der Waals surface area contributed by atoms with Crippen LogP contribution in [-0.2, 0) is 9.47 Å². The van der Waals surface area contributed by atoms with Crippen LogP contribution in [0.1, 0.15) is 6.42 Å². The van der Waals surface area contributed by atoms with Crippen LogP contribution in [0.5, 0.6) is 0 Å². The van der Waals surface area contributed by atoms with Crippen LogP contribution < -0.4 is 5.73 Å². The van der Waals surface area contributed by atoms with Gasteiger partial charge >= 0.3 is 0 Å². The molecule has 0 rings (SSSR count). The molecule has 0 spiro atoms. The number of ether oxygens (including phenoxy) is 2. The van der Waals surface area contributed by atoms with Crippen molar-refractivity contribution in [2.24, 2.45) is 11.7 Å². The van der Waals surface area contributed by atoms with E-state index in [2.05, 4.69) is 0 Å². The maximum absolute atomic E-state index is 9.18. The summed E-state index contributed by atoms with van der Waals surface area (Å²) < 4.78 is 9.83. The van der Waals surface area contributed by atoms with Gasteiger partial charge in [0.15, 0.2) is 0 Å². The Morgan fingerprint density at radius 2 is 2.00 bits per heavy atom. The molecule has 4 N–H and O–H groups in total. The first-order chi connectivity index (χ1) is 6.15. The van der Waals surface area contributed by atoms with E-state index in [9.17, 15) is 5.11 Å². The molecule has 0 aromatic rings. The van der Waals surface area contributed by atoms with Crippen LogP contribution in [-0.4, -0.2) is 50.0 Å². The van der Waals surface area contributed by atoms with Crippen molar-refractivity contribution in [1.29, 1.82) is 0 Å². The van der Waals surface area contributed by atoms with E-state index >= 15 is 0 Å². The Labute approximate surface area is 78.4 Å². The molecule has 0 radical (unpaired) electrons. The minimum absolute atomic E-state index is 0.0999. The number of hydrogen-bond acceptors (Lipinski definition) is 5. The van der Waals surface area contributed by atoms with Gasteiger partial charge in [-0.25, -0.2) is 0 Å². The molecule has 3 atom stereocenters. The highest BCUT2D eigenvalue weighted by molar-refractivity contribution is 4.69. The Bertz CT molecular complexity index is 123. The molecule has 80 valence electrons. The van der Waals surface area contributed by atoms with E-state index < -0.39 is 12.3 Å². The molecular weight excluding hydrogens is 174 g/mol. The Kier molecular flexibility index (Phi) is 7.12. The zero-order valence-electron chi connectivity index (χ0n) is 8.14. The average molecular weight is 193 g/mol. The van der Waals surface area contributed by atoms with E-state index in [0.717, 1.165) is 0 Å². The SMILES string of the molecule is COCC(CC(O)CO)C(N)OC. The molecule has 5 heteroatoms. The van der Waals surface area contributed by atoms with Gasteiger partial charge in [0.25, 0.3) is 0 Å². The zero-order valence-corrected chi connectivity index (χ0v) is 8.14. The van der Waals surface area contributed by atoms with Crippen LogP contribution in [0.15, 0.2) is 0 Å². The zero-order chi connectivity index (χ0) is 10.3. The lowest BCUT2D eigenvalue weighted by atomic mass is 10.0. The molecule has 0 bridgehead atoms. The molecule has 0 heterocycles. The molecule has 0 aliphatic carbocycles. The highest BCUT2D eigenvalue weighted by atomic mass is 16.5. The van der Waals surface area contributed by atoms with Gasteiger partial charge < -0.3 is 25.4 Å². The van der Waals surface area contributed by atoms with Crippen LogP contribution in [0, 0.1) is 5.92 Å². The average Bonchev–Trinajstić information content (AvgIpc) is 2.15. The topological polar surface area (TPSA) is 84.9 Å². The second kappa shape index (κ2) is 7.23. The van der Waals surface area contributed by atoms with Gasteiger partial charge in [-0.3, -0.25) is 0 Å². The molecule has 3 unspecified atom stereocenters. The molecule has 0 fully saturated rings. The Morgan fingerprint density at radius 3 is 2.38 bits per heavy atom. The lowest BCUT2D eigenvalue weighted by molar-refractivity contribution is -0.0150. The summed E-state index contributed by atoms with van der Waals surface area (Å²) in [5.41, 5.74) is 5.61. The third kappa shape index (κ3) is 5.17. The number of nitrogens with two attached hydrogens (primary N) is 1. The molecule has 5 nitrogen and oxygen atoms in total. The molecule has 0 saturated carbocycles. The van der Waals surface area contributed by atoms with Crippen molar-refractivity contribution < 1.29 is 19.7 Å². The highest BCUT2D eigenvalue weighted by Gasteiger charge is 2.20. The number of aliphatic hydroxyl groups excluding tert-OH is 2. The van der Waals surface area contributed by atoms with Gasteiger partial charge in [-0.05, 0) is 6.42 Å². The maximum Gasteiger partial charge on any atom is 0.110 e. The van der Waals surface area contributed by atoms with Crippen LogP contribution in [0.3, 0.4) is 0 Å². The summed E-state index contributed by atoms with van der Waals surface area (Å²) in [7, 11) is 3.05. The largest absolute Gasteiger partial charge is 0.394 e. The van der Waals surface area contributed by atoms with Crippen molar-refractivity contribution in [3.8, 4) is 0 Å². The van der Waals surface area contributed by atoms with Gasteiger partial charge in [0, 0.05) is 20.1 Å². The Balaban J connectivity index is 3.92. The third-order valence-corrected chi connectivity index (χ3v) is 1.90. The first-order valence-electron chi connectivity index (χ1n) is 4.21. The number of rotatable bonds is 7. The fourth-order valence-electron chi connectivity index (χ4n) is 1.13. The molecular formula is C8H19NO4. The van der Waals surface area contributed by atoms with E-state index in [1.165, 1.54) is 7.11 Å². The molecule has 0 aliphatic rings. The minimum Gasteiger partial charge on any atom is -0.394 e. The molecule has 0 aromatic heterocycles. The Hall–Kier alpha value is -0.200. The van der Waals surface area contributed by atoms with Crippen LogP contribution in [0.2, 0.25) is 0 Å². The summed E-state index contributed by atoms with van der Waals surface area (Å²) >= 11 is 0. The molecule has 0 amide bonds. The van der Waals surface area contributed by atoms with Crippen molar-refractivity contribution in [3.05, 3.63) is 0 Å². The predicted molar refractivity (Wildman–Crippen MR) is 48.1 cm³/mol. The summed E-state index contributed by atoms with van der Waals surface area (Å²) in [6, 6.07) is 0. The van der Waals surface area contributed by atoms with E-state index in [1.54, 1.807) is 7.11 Å². The van der Waals surface area contributed by atoms with Gasteiger partial charge in [-0.15, -0.1) is 0 Å². The number of aliphatic hydroxyl groups is 2. The van der Waals surface area contributed by atoms with E-state index in [4.69, 9.17) is 20.3 Å². The van der Waals surface area contributed by atoms with Gasteiger partial charge in [0.05, 0.1) is 19.3 Å². The lowest BCUT2D eigenvalue weighted by Crippen LogP contribution is -2.37. The van der Waals surface area contributed by atoms with Gasteiger partial charge in [-0.2, -0.15) is 0 Å². The Morgan fingerprint density at radius 1 is 1.38 bits per heavy atom. The van der Waals surface area contributed by atoms with Gasteiger partial charge in [0.2, 0.25) is 0 Å². The molecule has 0 aliphatic heterocycles. The van der Waals surface area contributed by atoms with Crippen LogP contribution in [0.4, 0.5) is 0 Å². The summed E-state index contributed by atoms with van der Waals surface area (Å²) in [6.07, 6.45) is -0.859. The standard InChI is InChI=1S/C8H19NO4/c1-12-5-6(8(9)13-2)3-7(11)4-10/h6-8,10-11H,3-5,9H2,1-2H3. The number of methoxy groups -OCH3 is 2. The molecule has 0 aromatic carbocycles. The molecule has 0 saturated heterocycles. The van der Waals surface area contributed by atoms with Crippen LogP contribution in [0.25, 0.3) is 0 Å². The second-order valence-electron chi connectivity index (χ2n) is 2.99. The van der Waals surface area contributed by atoms with Crippen LogP contribution >= 0.6 is 0 Å². The normalized spacial score (nSPS) is 18.2. The fraction of sp³-hybridized carbons (Fsp3) is 1.00. The first kappa shape index (κ1) is 12.8. The minimum atomic E-state index is -0.763. The van der Waals surface area contributed by atoms with Gasteiger partial charge in [0.1, 0.15) is 6.23 Å². The summed E-state index contributed by atoms with van der Waals surface area (Å²) in [4.78, 5) is 0. The summed E-state index contributed by atoms with van der Waals surface area (Å²) in [6.45, 7) is 0.142. The fourth-order valence-corrected chi connectivity index (χ4v) is 1.13. The number of hydrogen-bond donors (Lipinski definition) is 3. The van der Waals surface area contributed by atoms with Crippen molar-refractivity contribution in [2.75, 3.05) is 27.4 Å². The predicted octanol–water partition coefficient (Wildman–Crippen LogP) is -1.08. The monoisotopic (exact) mass is 193 g/mol. The lowest BCUT2D eigenvalue weighted by Gasteiger charge is -2.23. The second-order valence-corrected chi connectivity index (χ2v) is 2.99.